The Hall–Kier alpha value is -2.68. The highest BCUT2D eigenvalue weighted by atomic mass is 32.2. The number of sulfonamides is 1. The standard InChI is InChI=1S/C12H12N6O2S/c1-9-12(6-14-16-9)21(19,20)17-10-2-4-11(5-3-10)18-8-13-7-15-18/h2-8,17H,1H3,(H,14,16). The summed E-state index contributed by atoms with van der Waals surface area (Å²) < 4.78 is 28.5. The van der Waals surface area contributed by atoms with E-state index in [1.54, 1.807) is 42.2 Å². The number of anilines is 1. The van der Waals surface area contributed by atoms with Gasteiger partial charge in [0.25, 0.3) is 10.0 Å². The SMILES string of the molecule is Cc1[nH]ncc1S(=O)(=O)Nc1ccc(-n2cncn2)cc1. The molecule has 0 fully saturated rings. The molecule has 0 aliphatic heterocycles. The Morgan fingerprint density at radius 2 is 2.00 bits per heavy atom. The van der Waals surface area contributed by atoms with Crippen molar-refractivity contribution in [3.8, 4) is 5.69 Å². The van der Waals surface area contributed by atoms with Crippen molar-refractivity contribution in [1.82, 2.24) is 25.0 Å². The Labute approximate surface area is 120 Å². The second-order valence-electron chi connectivity index (χ2n) is 4.35. The second-order valence-corrected chi connectivity index (χ2v) is 6.00. The molecule has 0 aliphatic carbocycles. The summed E-state index contributed by atoms with van der Waals surface area (Å²) in [6.45, 7) is 1.65. The molecule has 108 valence electrons. The third-order valence-electron chi connectivity index (χ3n) is 2.88. The van der Waals surface area contributed by atoms with Crippen LogP contribution in [0, 0.1) is 6.92 Å². The van der Waals surface area contributed by atoms with Gasteiger partial charge in [-0.05, 0) is 31.2 Å². The predicted octanol–water partition coefficient (Wildman–Crippen LogP) is 1.10. The lowest BCUT2D eigenvalue weighted by Gasteiger charge is -2.08. The molecule has 0 aliphatic rings. The van der Waals surface area contributed by atoms with E-state index in [2.05, 4.69) is 25.0 Å². The molecule has 2 heterocycles. The summed E-state index contributed by atoms with van der Waals surface area (Å²) in [7, 11) is -3.65. The van der Waals surface area contributed by atoms with Crippen LogP contribution in [-0.4, -0.2) is 33.4 Å². The van der Waals surface area contributed by atoms with E-state index in [1.807, 2.05) is 0 Å². The summed E-state index contributed by atoms with van der Waals surface area (Å²) in [5.41, 5.74) is 1.73. The highest BCUT2D eigenvalue weighted by molar-refractivity contribution is 7.92. The number of rotatable bonds is 4. The van der Waals surface area contributed by atoms with Gasteiger partial charge in [-0.2, -0.15) is 10.2 Å². The Morgan fingerprint density at radius 3 is 2.57 bits per heavy atom. The lowest BCUT2D eigenvalue weighted by Crippen LogP contribution is -2.13. The summed E-state index contributed by atoms with van der Waals surface area (Å²) in [6.07, 6.45) is 4.27. The van der Waals surface area contributed by atoms with Crippen molar-refractivity contribution < 1.29 is 8.42 Å². The molecule has 1 aromatic carbocycles. The zero-order valence-corrected chi connectivity index (χ0v) is 11.9. The molecule has 0 saturated carbocycles. The first-order chi connectivity index (χ1) is 10.1. The van der Waals surface area contributed by atoms with Gasteiger partial charge in [0, 0.05) is 5.69 Å². The van der Waals surface area contributed by atoms with Gasteiger partial charge in [0.1, 0.15) is 17.6 Å². The van der Waals surface area contributed by atoms with Crippen LogP contribution in [0.25, 0.3) is 5.69 Å². The third kappa shape index (κ3) is 2.63. The van der Waals surface area contributed by atoms with Gasteiger partial charge in [-0.3, -0.25) is 9.82 Å². The Balaban J connectivity index is 1.84. The van der Waals surface area contributed by atoms with Gasteiger partial charge in [0.05, 0.1) is 17.6 Å². The number of aromatic nitrogens is 5. The fourth-order valence-electron chi connectivity index (χ4n) is 1.84. The predicted molar refractivity (Wildman–Crippen MR) is 75.5 cm³/mol. The Kier molecular flexibility index (Phi) is 3.18. The van der Waals surface area contributed by atoms with Crippen molar-refractivity contribution in [1.29, 1.82) is 0 Å². The van der Waals surface area contributed by atoms with Gasteiger partial charge in [-0.1, -0.05) is 0 Å². The summed E-state index contributed by atoms with van der Waals surface area (Å²) in [6, 6.07) is 6.80. The molecule has 0 radical (unpaired) electrons. The molecular formula is C12H12N6O2S. The van der Waals surface area contributed by atoms with Crippen LogP contribution in [0.3, 0.4) is 0 Å². The van der Waals surface area contributed by atoms with Gasteiger partial charge < -0.3 is 0 Å². The highest BCUT2D eigenvalue weighted by Gasteiger charge is 2.18. The minimum atomic E-state index is -3.65. The van der Waals surface area contributed by atoms with Crippen molar-refractivity contribution in [2.24, 2.45) is 0 Å². The largest absolute Gasteiger partial charge is 0.281 e. The number of aromatic amines is 1. The summed E-state index contributed by atoms with van der Waals surface area (Å²) >= 11 is 0. The summed E-state index contributed by atoms with van der Waals surface area (Å²) in [5.74, 6) is 0. The fourth-order valence-corrected chi connectivity index (χ4v) is 3.04. The van der Waals surface area contributed by atoms with E-state index < -0.39 is 10.0 Å². The number of nitrogens with zero attached hydrogens (tertiary/aromatic N) is 4. The van der Waals surface area contributed by atoms with Crippen LogP contribution in [0.1, 0.15) is 5.69 Å². The molecule has 2 aromatic heterocycles. The zero-order valence-electron chi connectivity index (χ0n) is 11.1. The van der Waals surface area contributed by atoms with Gasteiger partial charge in [-0.25, -0.2) is 18.1 Å². The monoisotopic (exact) mass is 304 g/mol. The Bertz CT molecular complexity index is 836. The number of nitrogens with one attached hydrogen (secondary N) is 2. The fraction of sp³-hybridized carbons (Fsp3) is 0.0833. The van der Waals surface area contributed by atoms with E-state index in [4.69, 9.17) is 0 Å². The van der Waals surface area contributed by atoms with Crippen molar-refractivity contribution in [2.45, 2.75) is 11.8 Å². The first kappa shape index (κ1) is 13.3. The van der Waals surface area contributed by atoms with Crippen molar-refractivity contribution in [3.05, 3.63) is 48.8 Å². The number of hydrogen-bond acceptors (Lipinski definition) is 5. The first-order valence-electron chi connectivity index (χ1n) is 6.04. The molecule has 21 heavy (non-hydrogen) atoms. The number of benzene rings is 1. The zero-order chi connectivity index (χ0) is 14.9. The smallest absolute Gasteiger partial charge is 0.265 e. The molecule has 0 saturated heterocycles. The van der Waals surface area contributed by atoms with E-state index in [9.17, 15) is 8.42 Å². The van der Waals surface area contributed by atoms with Crippen LogP contribution in [0.4, 0.5) is 5.69 Å². The van der Waals surface area contributed by atoms with Crippen molar-refractivity contribution in [3.63, 3.8) is 0 Å². The van der Waals surface area contributed by atoms with Gasteiger partial charge >= 0.3 is 0 Å². The van der Waals surface area contributed by atoms with Gasteiger partial charge in [0.2, 0.25) is 0 Å². The number of H-pyrrole nitrogens is 1. The lowest BCUT2D eigenvalue weighted by atomic mass is 10.3. The van der Waals surface area contributed by atoms with Crippen LogP contribution in [-0.2, 0) is 10.0 Å². The normalized spacial score (nSPS) is 11.5. The maximum atomic E-state index is 12.2. The third-order valence-corrected chi connectivity index (χ3v) is 4.37. The van der Waals surface area contributed by atoms with Gasteiger partial charge in [0.15, 0.2) is 0 Å². The van der Waals surface area contributed by atoms with E-state index in [-0.39, 0.29) is 4.90 Å². The average molecular weight is 304 g/mol. The maximum absolute atomic E-state index is 12.2. The van der Waals surface area contributed by atoms with E-state index >= 15 is 0 Å². The second kappa shape index (κ2) is 5.02. The molecule has 3 aromatic rings. The lowest BCUT2D eigenvalue weighted by molar-refractivity contribution is 0.600. The maximum Gasteiger partial charge on any atom is 0.265 e. The topological polar surface area (TPSA) is 106 Å². The summed E-state index contributed by atoms with van der Waals surface area (Å²) in [4.78, 5) is 3.98. The minimum absolute atomic E-state index is 0.128. The molecule has 9 heteroatoms. The molecular weight excluding hydrogens is 292 g/mol. The van der Waals surface area contributed by atoms with Crippen LogP contribution >= 0.6 is 0 Å². The van der Waals surface area contributed by atoms with Crippen molar-refractivity contribution >= 4 is 15.7 Å². The minimum Gasteiger partial charge on any atom is -0.281 e. The molecule has 0 unspecified atom stereocenters. The van der Waals surface area contributed by atoms with Crippen LogP contribution in [0.15, 0.2) is 48.0 Å². The number of aryl methyl sites for hydroxylation is 1. The van der Waals surface area contributed by atoms with E-state index in [1.165, 1.54) is 12.5 Å². The average Bonchev–Trinajstić information content (AvgIpc) is 3.10. The number of hydrogen-bond donors (Lipinski definition) is 2. The van der Waals surface area contributed by atoms with E-state index in [0.29, 0.717) is 11.4 Å². The first-order valence-corrected chi connectivity index (χ1v) is 7.52. The molecule has 8 nitrogen and oxygen atoms in total. The highest BCUT2D eigenvalue weighted by Crippen LogP contribution is 2.18. The molecule has 3 rings (SSSR count). The molecule has 0 atom stereocenters. The van der Waals surface area contributed by atoms with Gasteiger partial charge in [-0.15, -0.1) is 0 Å². The van der Waals surface area contributed by atoms with Crippen LogP contribution in [0.5, 0.6) is 0 Å². The molecule has 0 bridgehead atoms. The van der Waals surface area contributed by atoms with Crippen molar-refractivity contribution in [2.75, 3.05) is 4.72 Å². The molecule has 2 N–H and O–H groups in total. The van der Waals surface area contributed by atoms with Crippen LogP contribution in [0.2, 0.25) is 0 Å². The Morgan fingerprint density at radius 1 is 1.24 bits per heavy atom. The quantitative estimate of drug-likeness (QED) is 0.751. The molecule has 0 spiro atoms. The van der Waals surface area contributed by atoms with E-state index in [0.717, 1.165) is 5.69 Å². The molecule has 0 amide bonds. The summed E-state index contributed by atoms with van der Waals surface area (Å²) in [5, 5.41) is 10.3. The van der Waals surface area contributed by atoms with Crippen LogP contribution < -0.4 is 4.72 Å².